The van der Waals surface area contributed by atoms with E-state index in [0.717, 1.165) is 6.92 Å². The Balaban J connectivity index is 1.61. The van der Waals surface area contributed by atoms with Crippen molar-refractivity contribution in [1.29, 1.82) is 0 Å². The fourth-order valence-corrected chi connectivity index (χ4v) is 3.30. The maximum absolute atomic E-state index is 13.9. The van der Waals surface area contributed by atoms with Crippen LogP contribution < -0.4 is 10.2 Å². The number of nitrogens with one attached hydrogen (secondary N) is 1. The second kappa shape index (κ2) is 8.26. The Morgan fingerprint density at radius 3 is 2.48 bits per heavy atom. The summed E-state index contributed by atoms with van der Waals surface area (Å²) in [7, 11) is 0. The molecule has 156 valence electrons. The molecule has 1 saturated heterocycles. The van der Waals surface area contributed by atoms with E-state index in [9.17, 15) is 22.4 Å². The van der Waals surface area contributed by atoms with Gasteiger partial charge in [0.25, 0.3) is 0 Å². The molecule has 9 heteroatoms. The van der Waals surface area contributed by atoms with Crippen LogP contribution in [0.3, 0.4) is 0 Å². The molecule has 1 aromatic heterocycles. The SMILES string of the molecule is CC(c1ccc(NC(=O)N2CCN(c3ncccc3F)C[C@H]2C)cc1)C(F)(F)F. The number of piperazine rings is 1. The fourth-order valence-electron chi connectivity index (χ4n) is 3.30. The average molecular weight is 410 g/mol. The van der Waals surface area contributed by atoms with Crippen LogP contribution in [0.1, 0.15) is 25.3 Å². The molecule has 2 aromatic rings. The predicted octanol–water partition coefficient (Wildman–Crippen LogP) is 4.63. The van der Waals surface area contributed by atoms with Gasteiger partial charge in [0.2, 0.25) is 0 Å². The fraction of sp³-hybridized carbons (Fsp3) is 0.400. The second-order valence-electron chi connectivity index (χ2n) is 7.11. The first kappa shape index (κ1) is 20.9. The lowest BCUT2D eigenvalue weighted by Crippen LogP contribution is -2.55. The molecule has 0 aliphatic carbocycles. The van der Waals surface area contributed by atoms with Crippen LogP contribution in [0, 0.1) is 5.82 Å². The van der Waals surface area contributed by atoms with Crippen LogP contribution in [0.2, 0.25) is 0 Å². The zero-order valence-electron chi connectivity index (χ0n) is 16.1. The predicted molar refractivity (Wildman–Crippen MR) is 103 cm³/mol. The maximum atomic E-state index is 13.9. The molecule has 0 spiro atoms. The molecule has 1 aromatic carbocycles. The Labute approximate surface area is 166 Å². The lowest BCUT2D eigenvalue weighted by atomic mass is 10.0. The Morgan fingerprint density at radius 2 is 1.90 bits per heavy atom. The molecule has 2 atom stereocenters. The Kier molecular flexibility index (Phi) is 5.95. The lowest BCUT2D eigenvalue weighted by Gasteiger charge is -2.40. The van der Waals surface area contributed by atoms with Gasteiger partial charge in [0.1, 0.15) is 0 Å². The first-order valence-electron chi connectivity index (χ1n) is 9.26. The maximum Gasteiger partial charge on any atom is 0.395 e. The van der Waals surface area contributed by atoms with Crippen molar-refractivity contribution in [1.82, 2.24) is 9.88 Å². The number of halogens is 4. The lowest BCUT2D eigenvalue weighted by molar-refractivity contribution is -0.146. The number of aromatic nitrogens is 1. The minimum Gasteiger partial charge on any atom is -0.350 e. The Hall–Kier alpha value is -2.84. The number of nitrogens with zero attached hydrogens (tertiary/aromatic N) is 3. The van der Waals surface area contributed by atoms with Gasteiger partial charge in [-0.2, -0.15) is 13.2 Å². The van der Waals surface area contributed by atoms with Gasteiger partial charge in [0.15, 0.2) is 11.6 Å². The van der Waals surface area contributed by atoms with Crippen molar-refractivity contribution in [2.24, 2.45) is 0 Å². The number of hydrogen-bond acceptors (Lipinski definition) is 3. The zero-order valence-corrected chi connectivity index (χ0v) is 16.1. The van der Waals surface area contributed by atoms with Gasteiger partial charge in [0.05, 0.1) is 5.92 Å². The largest absolute Gasteiger partial charge is 0.395 e. The van der Waals surface area contributed by atoms with Crippen LogP contribution in [-0.4, -0.2) is 47.8 Å². The topological polar surface area (TPSA) is 48.5 Å². The normalized spacial score (nSPS) is 18.5. The van der Waals surface area contributed by atoms with E-state index in [1.807, 2.05) is 6.92 Å². The second-order valence-corrected chi connectivity index (χ2v) is 7.11. The molecule has 3 rings (SSSR count). The highest BCUT2D eigenvalue weighted by Gasteiger charge is 2.37. The number of anilines is 2. The van der Waals surface area contributed by atoms with E-state index >= 15 is 0 Å². The molecule has 1 N–H and O–H groups in total. The van der Waals surface area contributed by atoms with Gasteiger partial charge < -0.3 is 15.1 Å². The quantitative estimate of drug-likeness (QED) is 0.751. The molecule has 0 saturated carbocycles. The van der Waals surface area contributed by atoms with Crippen molar-refractivity contribution in [3.8, 4) is 0 Å². The summed E-state index contributed by atoms with van der Waals surface area (Å²) >= 11 is 0. The molecule has 5 nitrogen and oxygen atoms in total. The van der Waals surface area contributed by atoms with Gasteiger partial charge in [-0.3, -0.25) is 0 Å². The molecule has 1 fully saturated rings. The summed E-state index contributed by atoms with van der Waals surface area (Å²) in [5, 5.41) is 2.71. The van der Waals surface area contributed by atoms with Gasteiger partial charge in [-0.1, -0.05) is 12.1 Å². The number of carbonyl (C=O) groups is 1. The van der Waals surface area contributed by atoms with E-state index in [0.29, 0.717) is 25.3 Å². The van der Waals surface area contributed by atoms with E-state index in [2.05, 4.69) is 10.3 Å². The van der Waals surface area contributed by atoms with Gasteiger partial charge in [-0.15, -0.1) is 0 Å². The molecular formula is C20H22F4N4O. The summed E-state index contributed by atoms with van der Waals surface area (Å²) in [5.41, 5.74) is 0.549. The minimum absolute atomic E-state index is 0.134. The molecule has 0 bridgehead atoms. The average Bonchev–Trinajstić information content (AvgIpc) is 2.67. The molecule has 2 heterocycles. The van der Waals surface area contributed by atoms with Crippen molar-refractivity contribution in [2.75, 3.05) is 29.9 Å². The number of alkyl halides is 3. The number of pyridine rings is 1. The molecular weight excluding hydrogens is 388 g/mol. The number of urea groups is 1. The highest BCUT2D eigenvalue weighted by Crippen LogP contribution is 2.34. The van der Waals surface area contributed by atoms with Gasteiger partial charge >= 0.3 is 12.2 Å². The summed E-state index contributed by atoms with van der Waals surface area (Å²) in [6.07, 6.45) is -2.79. The molecule has 29 heavy (non-hydrogen) atoms. The number of carbonyl (C=O) groups excluding carboxylic acids is 1. The number of amides is 2. The third-order valence-corrected chi connectivity index (χ3v) is 5.08. The van der Waals surface area contributed by atoms with Crippen molar-refractivity contribution < 1.29 is 22.4 Å². The third-order valence-electron chi connectivity index (χ3n) is 5.08. The van der Waals surface area contributed by atoms with Crippen LogP contribution in [0.25, 0.3) is 0 Å². The van der Waals surface area contributed by atoms with Crippen LogP contribution in [-0.2, 0) is 0 Å². The van der Waals surface area contributed by atoms with Crippen molar-refractivity contribution in [2.45, 2.75) is 32.0 Å². The van der Waals surface area contributed by atoms with E-state index in [1.54, 1.807) is 9.80 Å². The molecule has 1 unspecified atom stereocenters. The van der Waals surface area contributed by atoms with Crippen molar-refractivity contribution in [3.63, 3.8) is 0 Å². The highest BCUT2D eigenvalue weighted by molar-refractivity contribution is 5.89. The molecule has 1 aliphatic heterocycles. The monoisotopic (exact) mass is 410 g/mol. The van der Waals surface area contributed by atoms with E-state index < -0.39 is 17.9 Å². The van der Waals surface area contributed by atoms with E-state index in [4.69, 9.17) is 0 Å². The molecule has 0 radical (unpaired) electrons. The first-order valence-corrected chi connectivity index (χ1v) is 9.26. The van der Waals surface area contributed by atoms with Gasteiger partial charge in [-0.25, -0.2) is 14.2 Å². The summed E-state index contributed by atoms with van der Waals surface area (Å²) in [6, 6.07) is 7.95. The van der Waals surface area contributed by atoms with Crippen molar-refractivity contribution >= 4 is 17.5 Å². The van der Waals surface area contributed by atoms with Gasteiger partial charge in [0, 0.05) is 37.6 Å². The van der Waals surface area contributed by atoms with Crippen LogP contribution in [0.5, 0.6) is 0 Å². The smallest absolute Gasteiger partial charge is 0.350 e. The molecule has 1 aliphatic rings. The number of rotatable bonds is 3. The van der Waals surface area contributed by atoms with Crippen LogP contribution in [0.15, 0.2) is 42.6 Å². The van der Waals surface area contributed by atoms with Crippen molar-refractivity contribution in [3.05, 3.63) is 54.0 Å². The Bertz CT molecular complexity index is 856. The standard InChI is InChI=1S/C20H22F4N4O/c1-13-12-27(18-17(21)4-3-9-25-18)10-11-28(13)19(29)26-16-7-5-15(6-8-16)14(2)20(22,23)24/h3-9,13-14H,10-12H2,1-2H3,(H,26,29)/t13-,14?/m1/s1. The zero-order chi connectivity index (χ0) is 21.2. The highest BCUT2D eigenvalue weighted by atomic mass is 19.4. The summed E-state index contributed by atoms with van der Waals surface area (Å²) in [6.45, 7) is 4.16. The Morgan fingerprint density at radius 1 is 1.21 bits per heavy atom. The first-order chi connectivity index (χ1) is 13.7. The van der Waals surface area contributed by atoms with Crippen LogP contribution in [0.4, 0.5) is 33.9 Å². The number of benzene rings is 1. The van der Waals surface area contributed by atoms with E-state index in [-0.39, 0.29) is 23.5 Å². The number of hydrogen-bond donors (Lipinski definition) is 1. The molecule has 2 amide bonds. The minimum atomic E-state index is -4.31. The van der Waals surface area contributed by atoms with Crippen LogP contribution >= 0.6 is 0 Å². The van der Waals surface area contributed by atoms with Gasteiger partial charge in [-0.05, 0) is 43.7 Å². The third kappa shape index (κ3) is 4.78. The summed E-state index contributed by atoms with van der Waals surface area (Å²) < 4.78 is 52.3. The van der Waals surface area contributed by atoms with E-state index in [1.165, 1.54) is 42.6 Å². The summed E-state index contributed by atoms with van der Waals surface area (Å²) in [4.78, 5) is 20.1. The summed E-state index contributed by atoms with van der Waals surface area (Å²) in [5.74, 6) is -1.73.